The number of rotatable bonds is 14. The van der Waals surface area contributed by atoms with Gasteiger partial charge in [0.1, 0.15) is 18.0 Å². The molecular weight excluding hydrogens is 454 g/mol. The van der Waals surface area contributed by atoms with E-state index in [1.807, 2.05) is 0 Å². The Labute approximate surface area is 195 Å². The van der Waals surface area contributed by atoms with Crippen molar-refractivity contribution in [2.75, 3.05) is 26.3 Å². The lowest BCUT2D eigenvalue weighted by molar-refractivity contribution is 0.0526. The van der Waals surface area contributed by atoms with Gasteiger partial charge in [0.15, 0.2) is 0 Å². The van der Waals surface area contributed by atoms with E-state index in [1.54, 1.807) is 34.6 Å². The van der Waals surface area contributed by atoms with Crippen molar-refractivity contribution in [3.05, 3.63) is 29.3 Å². The summed E-state index contributed by atoms with van der Waals surface area (Å²) < 4.78 is 46.6. The second-order valence-corrected chi connectivity index (χ2v) is 9.67. The lowest BCUT2D eigenvalue weighted by atomic mass is 10.1. The molecule has 0 radical (unpaired) electrons. The minimum atomic E-state index is -3.87. The Balaban J connectivity index is 2.49. The molecule has 188 valence electrons. The summed E-state index contributed by atoms with van der Waals surface area (Å²) >= 11 is 0. The molecular formula is C22H36FN2O7P. The van der Waals surface area contributed by atoms with Crippen LogP contribution in [-0.4, -0.2) is 43.9 Å². The molecule has 0 heterocycles. The van der Waals surface area contributed by atoms with E-state index < -0.39 is 26.2 Å². The molecule has 11 heteroatoms. The van der Waals surface area contributed by atoms with Crippen molar-refractivity contribution in [3.63, 3.8) is 0 Å². The summed E-state index contributed by atoms with van der Waals surface area (Å²) in [5.74, 6) is -0.363. The van der Waals surface area contributed by atoms with Crippen LogP contribution in [0.5, 0.6) is 5.75 Å². The second-order valence-electron chi connectivity index (χ2n) is 8.08. The number of phosphoric acid groups is 1. The van der Waals surface area contributed by atoms with Crippen LogP contribution in [0.4, 0.5) is 9.18 Å². The molecule has 0 atom stereocenters. The molecule has 33 heavy (non-hydrogen) atoms. The average Bonchev–Trinajstić information content (AvgIpc) is 2.72. The Bertz CT molecular complexity index is 804. The fourth-order valence-electron chi connectivity index (χ4n) is 2.68. The van der Waals surface area contributed by atoms with Crippen molar-refractivity contribution in [1.29, 1.82) is 0 Å². The maximum absolute atomic E-state index is 13.5. The third-order valence-electron chi connectivity index (χ3n) is 4.06. The van der Waals surface area contributed by atoms with Gasteiger partial charge in [0.05, 0.1) is 13.2 Å². The minimum absolute atomic E-state index is 0.00299. The van der Waals surface area contributed by atoms with E-state index in [0.29, 0.717) is 19.5 Å². The van der Waals surface area contributed by atoms with Gasteiger partial charge in [-0.25, -0.2) is 13.8 Å². The van der Waals surface area contributed by atoms with Gasteiger partial charge in [-0.05, 0) is 72.1 Å². The molecule has 1 aromatic rings. The van der Waals surface area contributed by atoms with Crippen LogP contribution in [0.25, 0.3) is 0 Å². The molecule has 9 nitrogen and oxygen atoms in total. The number of amides is 2. The molecule has 0 aliphatic heterocycles. The molecule has 0 aliphatic rings. The van der Waals surface area contributed by atoms with Crippen molar-refractivity contribution in [2.24, 2.45) is 0 Å². The van der Waals surface area contributed by atoms with E-state index in [9.17, 15) is 18.5 Å². The van der Waals surface area contributed by atoms with Gasteiger partial charge in [-0.3, -0.25) is 13.8 Å². The third kappa shape index (κ3) is 11.5. The highest BCUT2D eigenvalue weighted by Gasteiger charge is 2.28. The standard InChI is InChI=1S/C22H36FN2O7P/c1-6-29-33(28,30-7-2)32-19-12-11-17(15-18(19)16-23)20(26)24-13-9-8-10-14-25-21(27)31-22(3,4)5/h11-12,15H,6-10,13-14,16H2,1-5H3,(H,24,26)(H,25,27). The first-order valence-electron chi connectivity index (χ1n) is 11.1. The van der Waals surface area contributed by atoms with Crippen molar-refractivity contribution < 1.29 is 36.9 Å². The topological polar surface area (TPSA) is 112 Å². The summed E-state index contributed by atoms with van der Waals surface area (Å²) in [4.78, 5) is 23.9. The number of ether oxygens (including phenoxy) is 1. The fraction of sp³-hybridized carbons (Fsp3) is 0.636. The zero-order valence-corrected chi connectivity index (χ0v) is 21.0. The molecule has 0 aliphatic carbocycles. The zero-order valence-electron chi connectivity index (χ0n) is 20.1. The van der Waals surface area contributed by atoms with Gasteiger partial charge in [-0.1, -0.05) is 0 Å². The Kier molecular flexibility index (Phi) is 12.4. The second kappa shape index (κ2) is 14.2. The van der Waals surface area contributed by atoms with Crippen molar-refractivity contribution in [3.8, 4) is 5.75 Å². The summed E-state index contributed by atoms with van der Waals surface area (Å²) in [5, 5.41) is 5.45. The SMILES string of the molecule is CCOP(=O)(OCC)Oc1ccc(C(=O)NCCCCCNC(=O)OC(C)(C)C)cc1CF. The molecule has 0 unspecified atom stereocenters. The maximum atomic E-state index is 13.5. The van der Waals surface area contributed by atoms with Gasteiger partial charge in [0.2, 0.25) is 0 Å². The highest BCUT2D eigenvalue weighted by Crippen LogP contribution is 2.50. The van der Waals surface area contributed by atoms with E-state index >= 15 is 0 Å². The highest BCUT2D eigenvalue weighted by molar-refractivity contribution is 7.48. The highest BCUT2D eigenvalue weighted by atomic mass is 31.2. The Morgan fingerprint density at radius 1 is 1.00 bits per heavy atom. The van der Waals surface area contributed by atoms with Crippen LogP contribution < -0.4 is 15.2 Å². The lowest BCUT2D eigenvalue weighted by Gasteiger charge is -2.19. The van der Waals surface area contributed by atoms with E-state index in [4.69, 9.17) is 18.3 Å². The van der Waals surface area contributed by atoms with Gasteiger partial charge in [0.25, 0.3) is 5.91 Å². The first kappa shape index (κ1) is 28.9. The van der Waals surface area contributed by atoms with Crippen LogP contribution in [0.3, 0.4) is 0 Å². The number of alkyl carbamates (subject to hydrolysis) is 1. The van der Waals surface area contributed by atoms with E-state index in [1.165, 1.54) is 18.2 Å². The number of halogens is 1. The molecule has 0 aromatic heterocycles. The molecule has 1 rings (SSSR count). The van der Waals surface area contributed by atoms with Crippen LogP contribution >= 0.6 is 7.82 Å². The van der Waals surface area contributed by atoms with E-state index in [2.05, 4.69) is 10.6 Å². The molecule has 0 spiro atoms. The Morgan fingerprint density at radius 3 is 2.15 bits per heavy atom. The van der Waals surface area contributed by atoms with Crippen LogP contribution in [0, 0.1) is 0 Å². The van der Waals surface area contributed by atoms with Crippen LogP contribution in [0.1, 0.15) is 69.8 Å². The molecule has 2 N–H and O–H groups in total. The summed E-state index contributed by atoms with van der Waals surface area (Å²) in [6, 6.07) is 4.17. The van der Waals surface area contributed by atoms with Gasteiger partial charge >= 0.3 is 13.9 Å². The lowest BCUT2D eigenvalue weighted by Crippen LogP contribution is -2.33. The first-order chi connectivity index (χ1) is 15.5. The number of hydrogen-bond acceptors (Lipinski definition) is 7. The number of benzene rings is 1. The minimum Gasteiger partial charge on any atom is -0.444 e. The number of carbonyl (C=O) groups excluding carboxylic acids is 2. The summed E-state index contributed by atoms with van der Waals surface area (Å²) in [6.07, 6.45) is 1.80. The van der Waals surface area contributed by atoms with Crippen LogP contribution in [0.15, 0.2) is 18.2 Å². The average molecular weight is 491 g/mol. The Hall–Kier alpha value is -2.16. The van der Waals surface area contributed by atoms with Gasteiger partial charge in [0, 0.05) is 24.2 Å². The van der Waals surface area contributed by atoms with E-state index in [-0.39, 0.29) is 36.0 Å². The predicted molar refractivity (Wildman–Crippen MR) is 123 cm³/mol. The van der Waals surface area contributed by atoms with Crippen molar-refractivity contribution >= 4 is 19.8 Å². The number of unbranched alkanes of at least 4 members (excludes halogenated alkanes) is 2. The molecule has 0 saturated carbocycles. The number of hydrogen-bond donors (Lipinski definition) is 2. The number of phosphoric ester groups is 1. The third-order valence-corrected chi connectivity index (χ3v) is 5.63. The quantitative estimate of drug-likeness (QED) is 0.274. The zero-order chi connectivity index (χ0) is 24.9. The van der Waals surface area contributed by atoms with Crippen molar-refractivity contribution in [1.82, 2.24) is 10.6 Å². The van der Waals surface area contributed by atoms with Gasteiger partial charge < -0.3 is 19.9 Å². The molecule has 2 amide bonds. The number of nitrogens with one attached hydrogen (secondary N) is 2. The maximum Gasteiger partial charge on any atom is 0.530 e. The van der Waals surface area contributed by atoms with Gasteiger partial charge in [-0.2, -0.15) is 0 Å². The summed E-state index contributed by atoms with van der Waals surface area (Å²) in [7, 11) is -3.87. The molecule has 0 bridgehead atoms. The Morgan fingerprint density at radius 2 is 1.61 bits per heavy atom. The van der Waals surface area contributed by atoms with Gasteiger partial charge in [-0.15, -0.1) is 0 Å². The number of alkyl halides is 1. The fourth-order valence-corrected chi connectivity index (χ4v) is 3.91. The normalized spacial score (nSPS) is 11.7. The molecule has 1 aromatic carbocycles. The smallest absolute Gasteiger partial charge is 0.444 e. The summed E-state index contributed by atoms with van der Waals surface area (Å²) in [6.45, 7) is 8.85. The molecule has 0 saturated heterocycles. The van der Waals surface area contributed by atoms with E-state index in [0.717, 1.165) is 12.8 Å². The largest absolute Gasteiger partial charge is 0.530 e. The predicted octanol–water partition coefficient (Wildman–Crippen LogP) is 5.14. The van der Waals surface area contributed by atoms with Crippen LogP contribution in [-0.2, 0) is 25.0 Å². The van der Waals surface area contributed by atoms with Crippen molar-refractivity contribution in [2.45, 2.75) is 66.2 Å². The monoisotopic (exact) mass is 490 g/mol. The first-order valence-corrected chi connectivity index (χ1v) is 12.5. The number of carbonyl (C=O) groups is 2. The molecule has 0 fully saturated rings. The van der Waals surface area contributed by atoms with Crippen LogP contribution in [0.2, 0.25) is 0 Å². The summed E-state index contributed by atoms with van der Waals surface area (Å²) in [5.41, 5.74) is -0.216.